The third-order valence-corrected chi connectivity index (χ3v) is 11.1. The van der Waals surface area contributed by atoms with Gasteiger partial charge in [0.05, 0.1) is 22.8 Å². The van der Waals surface area contributed by atoms with Crippen molar-refractivity contribution in [1.29, 1.82) is 10.0 Å². The number of halogens is 1. The quantitative estimate of drug-likeness (QED) is 0.408. The van der Waals surface area contributed by atoms with Gasteiger partial charge in [-0.15, -0.1) is 11.3 Å². The molecule has 2 aliphatic carbocycles. The summed E-state index contributed by atoms with van der Waals surface area (Å²) in [5.74, 6) is -0.167. The van der Waals surface area contributed by atoms with Crippen LogP contribution in [-0.2, 0) is 14.5 Å². The molecule has 3 fully saturated rings. The molecule has 40 heavy (non-hydrogen) atoms. The average molecular weight is 579 g/mol. The number of pyridine rings is 1. The molecule has 1 aromatic carbocycles. The number of carbonyl (C=O) groups is 1. The Labute approximate surface area is 237 Å². The van der Waals surface area contributed by atoms with Crippen LogP contribution in [0.15, 0.2) is 42.7 Å². The highest BCUT2D eigenvalue weighted by Crippen LogP contribution is 2.46. The van der Waals surface area contributed by atoms with E-state index in [0.29, 0.717) is 48.0 Å². The largest absolute Gasteiger partial charge is 0.370 e. The van der Waals surface area contributed by atoms with Crippen LogP contribution in [0.3, 0.4) is 0 Å². The molecule has 2 aromatic heterocycles. The van der Waals surface area contributed by atoms with Gasteiger partial charge in [-0.25, -0.2) is 13.6 Å². The van der Waals surface area contributed by atoms with Gasteiger partial charge in [-0.05, 0) is 49.4 Å². The Balaban J connectivity index is 1.35. The summed E-state index contributed by atoms with van der Waals surface area (Å²) in [6, 6.07) is 11.8. The molecule has 0 radical (unpaired) electrons. The van der Waals surface area contributed by atoms with Crippen molar-refractivity contribution in [3.05, 3.63) is 54.2 Å². The Bertz CT molecular complexity index is 1560. The van der Waals surface area contributed by atoms with Crippen LogP contribution in [0, 0.1) is 27.8 Å². The van der Waals surface area contributed by atoms with Crippen molar-refractivity contribution >= 4 is 32.7 Å². The summed E-state index contributed by atoms with van der Waals surface area (Å²) in [7, 11) is -2.47. The minimum atomic E-state index is -2.47. The molecule has 3 heterocycles. The van der Waals surface area contributed by atoms with Crippen molar-refractivity contribution in [2.45, 2.75) is 50.0 Å². The Morgan fingerprint density at radius 2 is 1.88 bits per heavy atom. The standard InChI is InChI=1S/C29H31FN6O2S2/c30-21-15-20(16-33-17-21)28-34-25(23-3-1-2-4-24(23)27(37)35-29(18-31)9-10-29)26(39-28)19-5-7-22(8-6-19)36-11-13-40(32,38)14-12-36/h5-8,15-17,23-24,32H,1-4,9-14H2,(H,35,37). The number of nitriles is 1. The number of aromatic nitrogens is 2. The van der Waals surface area contributed by atoms with Crippen molar-refractivity contribution in [2.75, 3.05) is 29.5 Å². The van der Waals surface area contributed by atoms with E-state index in [1.807, 2.05) is 24.3 Å². The number of carbonyl (C=O) groups excluding carboxylic acids is 1. The van der Waals surface area contributed by atoms with Crippen LogP contribution in [0.1, 0.15) is 50.1 Å². The topological polar surface area (TPSA) is 123 Å². The van der Waals surface area contributed by atoms with E-state index < -0.39 is 21.1 Å². The predicted molar refractivity (Wildman–Crippen MR) is 154 cm³/mol. The lowest BCUT2D eigenvalue weighted by Crippen LogP contribution is -2.42. The molecule has 1 aliphatic heterocycles. The zero-order valence-corrected chi connectivity index (χ0v) is 23.7. The molecule has 1 amide bonds. The molecule has 2 N–H and O–H groups in total. The first-order valence-electron chi connectivity index (χ1n) is 13.7. The lowest BCUT2D eigenvalue weighted by molar-refractivity contribution is -0.127. The minimum Gasteiger partial charge on any atom is -0.370 e. The normalized spacial score (nSPS) is 23.2. The van der Waals surface area contributed by atoms with Gasteiger partial charge in [0.25, 0.3) is 0 Å². The monoisotopic (exact) mass is 578 g/mol. The van der Waals surface area contributed by atoms with Crippen molar-refractivity contribution in [2.24, 2.45) is 5.92 Å². The van der Waals surface area contributed by atoms with Gasteiger partial charge >= 0.3 is 0 Å². The fourth-order valence-electron chi connectivity index (χ4n) is 5.74. The predicted octanol–water partition coefficient (Wildman–Crippen LogP) is 5.32. The van der Waals surface area contributed by atoms with Gasteiger partial charge in [0, 0.05) is 63.6 Å². The maximum absolute atomic E-state index is 14.1. The van der Waals surface area contributed by atoms with E-state index in [-0.39, 0.29) is 17.7 Å². The zero-order chi connectivity index (χ0) is 27.9. The van der Waals surface area contributed by atoms with Crippen molar-refractivity contribution in [1.82, 2.24) is 15.3 Å². The molecule has 0 spiro atoms. The van der Waals surface area contributed by atoms with Gasteiger partial charge in [0.1, 0.15) is 16.4 Å². The molecule has 2 atom stereocenters. The first kappa shape index (κ1) is 26.8. The molecule has 208 valence electrons. The average Bonchev–Trinajstić information content (AvgIpc) is 3.59. The fourth-order valence-corrected chi connectivity index (χ4v) is 8.10. The number of rotatable bonds is 6. The molecule has 11 heteroatoms. The molecule has 6 rings (SSSR count). The van der Waals surface area contributed by atoms with E-state index in [9.17, 15) is 18.7 Å². The van der Waals surface area contributed by atoms with Crippen LogP contribution >= 0.6 is 11.3 Å². The molecule has 8 nitrogen and oxygen atoms in total. The molecule has 0 bridgehead atoms. The SMILES string of the molecule is N#CC1(NC(=O)C2CCCCC2c2nc(-c3cncc(F)c3)sc2-c2ccc(N3CCS(=N)(=O)CC3)cc2)CC1. The highest BCUT2D eigenvalue weighted by Gasteiger charge is 2.47. The first-order valence-corrected chi connectivity index (χ1v) is 16.4. The smallest absolute Gasteiger partial charge is 0.225 e. The second kappa shape index (κ2) is 10.6. The maximum atomic E-state index is 14.1. The number of hydrogen-bond acceptors (Lipinski definition) is 8. The van der Waals surface area contributed by atoms with Crippen molar-refractivity contribution in [3.8, 4) is 27.1 Å². The molecule has 2 saturated carbocycles. The van der Waals surface area contributed by atoms with E-state index in [1.54, 1.807) is 6.20 Å². The summed E-state index contributed by atoms with van der Waals surface area (Å²) in [4.78, 5) is 25.6. The second-order valence-electron chi connectivity index (χ2n) is 11.1. The molecule has 2 unspecified atom stereocenters. The highest BCUT2D eigenvalue weighted by molar-refractivity contribution is 7.92. The Hall–Kier alpha value is -3.36. The van der Waals surface area contributed by atoms with Crippen LogP contribution in [0.2, 0.25) is 0 Å². The Morgan fingerprint density at radius 1 is 1.15 bits per heavy atom. The van der Waals surface area contributed by atoms with Gasteiger partial charge in [-0.3, -0.25) is 14.6 Å². The summed E-state index contributed by atoms with van der Waals surface area (Å²) in [6.45, 7) is 1.18. The lowest BCUT2D eigenvalue weighted by Gasteiger charge is -2.31. The molecule has 3 aliphatic rings. The molecular weight excluding hydrogens is 547 g/mol. The Kier molecular flexibility index (Phi) is 7.09. The van der Waals surface area contributed by atoms with Crippen molar-refractivity contribution in [3.63, 3.8) is 0 Å². The summed E-state index contributed by atoms with van der Waals surface area (Å²) in [6.07, 6.45) is 7.63. The number of hydrogen-bond donors (Lipinski definition) is 2. The number of anilines is 1. The number of benzene rings is 1. The molecular formula is C29H31FN6O2S2. The Morgan fingerprint density at radius 3 is 2.55 bits per heavy atom. The third kappa shape index (κ3) is 5.47. The summed E-state index contributed by atoms with van der Waals surface area (Å²) < 4.78 is 34.0. The number of nitrogens with zero attached hydrogens (tertiary/aromatic N) is 4. The zero-order valence-electron chi connectivity index (χ0n) is 22.1. The van der Waals surface area contributed by atoms with E-state index in [2.05, 4.69) is 21.3 Å². The first-order chi connectivity index (χ1) is 19.3. The van der Waals surface area contributed by atoms with Gasteiger partial charge in [0.2, 0.25) is 5.91 Å². The number of amides is 1. The van der Waals surface area contributed by atoms with E-state index in [4.69, 9.17) is 9.76 Å². The van der Waals surface area contributed by atoms with E-state index in [0.717, 1.165) is 47.5 Å². The summed E-state index contributed by atoms with van der Waals surface area (Å²) in [5, 5.41) is 13.2. The molecule has 3 aromatic rings. The number of thiazole rings is 1. The summed E-state index contributed by atoms with van der Waals surface area (Å²) in [5.41, 5.74) is 2.69. The summed E-state index contributed by atoms with van der Waals surface area (Å²) >= 11 is 1.47. The van der Waals surface area contributed by atoms with Crippen LogP contribution in [0.4, 0.5) is 10.1 Å². The van der Waals surface area contributed by atoms with Gasteiger partial charge in [0.15, 0.2) is 0 Å². The van der Waals surface area contributed by atoms with Crippen LogP contribution in [0.25, 0.3) is 21.0 Å². The highest BCUT2D eigenvalue weighted by atomic mass is 32.2. The second-order valence-corrected chi connectivity index (χ2v) is 14.5. The van der Waals surface area contributed by atoms with Gasteiger partial charge < -0.3 is 10.2 Å². The van der Waals surface area contributed by atoms with E-state index in [1.165, 1.54) is 23.6 Å². The fraction of sp³-hybridized carbons (Fsp3) is 0.448. The lowest BCUT2D eigenvalue weighted by atomic mass is 9.76. The van der Waals surface area contributed by atoms with Crippen LogP contribution < -0.4 is 10.2 Å². The van der Waals surface area contributed by atoms with Gasteiger partial charge in [-0.1, -0.05) is 25.0 Å². The van der Waals surface area contributed by atoms with Crippen LogP contribution in [-0.4, -0.2) is 50.2 Å². The van der Waals surface area contributed by atoms with Crippen LogP contribution in [0.5, 0.6) is 0 Å². The van der Waals surface area contributed by atoms with Crippen molar-refractivity contribution < 1.29 is 13.4 Å². The van der Waals surface area contributed by atoms with E-state index >= 15 is 0 Å². The maximum Gasteiger partial charge on any atom is 0.225 e. The molecule has 1 saturated heterocycles. The minimum absolute atomic E-state index is 0.0805. The van der Waals surface area contributed by atoms with Gasteiger partial charge in [-0.2, -0.15) is 5.26 Å². The number of nitrogens with one attached hydrogen (secondary N) is 2. The third-order valence-electron chi connectivity index (χ3n) is 8.26.